The minimum atomic E-state index is -0.0363. The van der Waals surface area contributed by atoms with Gasteiger partial charge in [-0.25, -0.2) is 0 Å². The highest BCUT2D eigenvalue weighted by Gasteiger charge is 2.44. The summed E-state index contributed by atoms with van der Waals surface area (Å²) in [6, 6.07) is 7.76. The van der Waals surface area contributed by atoms with Crippen LogP contribution in [0.15, 0.2) is 28.7 Å². The molecule has 144 valence electrons. The molecule has 2 aliphatic rings. The topological polar surface area (TPSA) is 71.8 Å². The fraction of sp³-hybridized carbons (Fsp3) is 0.524. The molecule has 0 unspecified atom stereocenters. The van der Waals surface area contributed by atoms with Crippen molar-refractivity contribution in [3.63, 3.8) is 0 Å². The fourth-order valence-corrected chi connectivity index (χ4v) is 4.50. The van der Waals surface area contributed by atoms with Gasteiger partial charge in [-0.1, -0.05) is 25.0 Å². The van der Waals surface area contributed by atoms with Crippen molar-refractivity contribution in [3.05, 3.63) is 30.0 Å². The average molecular weight is 370 g/mol. The van der Waals surface area contributed by atoms with Crippen LogP contribution in [0.4, 0.5) is 0 Å². The Morgan fingerprint density at radius 1 is 1.19 bits per heavy atom. The molecule has 4 rings (SSSR count). The van der Waals surface area contributed by atoms with E-state index in [2.05, 4.69) is 5.32 Å². The number of imide groups is 1. The van der Waals surface area contributed by atoms with Gasteiger partial charge in [0.1, 0.15) is 5.76 Å². The van der Waals surface area contributed by atoms with Gasteiger partial charge in [-0.3, -0.25) is 14.5 Å². The molecule has 0 bridgehead atoms. The maximum atomic E-state index is 12.5. The summed E-state index contributed by atoms with van der Waals surface area (Å²) in [4.78, 5) is 26.4. The number of carbonyl (C=O) groups is 2. The zero-order chi connectivity index (χ0) is 18.9. The van der Waals surface area contributed by atoms with Crippen molar-refractivity contribution in [1.82, 2.24) is 10.2 Å². The Balaban J connectivity index is 1.30. The van der Waals surface area contributed by atoms with E-state index in [4.69, 9.17) is 9.15 Å². The van der Waals surface area contributed by atoms with E-state index in [9.17, 15) is 9.59 Å². The van der Waals surface area contributed by atoms with Crippen LogP contribution in [0, 0.1) is 5.41 Å². The van der Waals surface area contributed by atoms with Crippen LogP contribution >= 0.6 is 0 Å². The number of hydrogen-bond donors (Lipinski definition) is 1. The van der Waals surface area contributed by atoms with Crippen molar-refractivity contribution in [2.45, 2.75) is 45.1 Å². The Labute approximate surface area is 158 Å². The van der Waals surface area contributed by atoms with Crippen molar-refractivity contribution in [2.24, 2.45) is 5.41 Å². The van der Waals surface area contributed by atoms with E-state index in [1.165, 1.54) is 4.90 Å². The number of amides is 2. The van der Waals surface area contributed by atoms with Crippen LogP contribution in [0.5, 0.6) is 5.75 Å². The molecule has 0 radical (unpaired) electrons. The van der Waals surface area contributed by atoms with Gasteiger partial charge < -0.3 is 14.5 Å². The maximum Gasteiger partial charge on any atom is 0.229 e. The normalized spacial score (nSPS) is 19.4. The van der Waals surface area contributed by atoms with Gasteiger partial charge >= 0.3 is 0 Å². The number of furan rings is 1. The monoisotopic (exact) mass is 370 g/mol. The number of nitrogens with zero attached hydrogens (tertiary/aromatic N) is 1. The summed E-state index contributed by atoms with van der Waals surface area (Å²) in [5, 5.41) is 4.26. The first-order valence-electron chi connectivity index (χ1n) is 9.70. The number of rotatable bonds is 6. The van der Waals surface area contributed by atoms with Crippen molar-refractivity contribution in [2.75, 3.05) is 20.2 Å². The summed E-state index contributed by atoms with van der Waals surface area (Å²) in [7, 11) is 1.62. The largest absolute Gasteiger partial charge is 0.493 e. The summed E-state index contributed by atoms with van der Waals surface area (Å²) >= 11 is 0. The van der Waals surface area contributed by atoms with Gasteiger partial charge in [-0.15, -0.1) is 0 Å². The van der Waals surface area contributed by atoms with Gasteiger partial charge in [0.2, 0.25) is 11.8 Å². The predicted octanol–water partition coefficient (Wildman–Crippen LogP) is 3.24. The van der Waals surface area contributed by atoms with Crippen LogP contribution in [0.25, 0.3) is 11.0 Å². The molecule has 2 heterocycles. The Hall–Kier alpha value is -2.34. The Morgan fingerprint density at radius 2 is 1.93 bits per heavy atom. The van der Waals surface area contributed by atoms with E-state index < -0.39 is 0 Å². The van der Waals surface area contributed by atoms with Gasteiger partial charge in [0, 0.05) is 31.3 Å². The van der Waals surface area contributed by atoms with Crippen molar-refractivity contribution in [3.8, 4) is 5.75 Å². The summed E-state index contributed by atoms with van der Waals surface area (Å²) < 4.78 is 11.2. The number of hydrogen-bond acceptors (Lipinski definition) is 5. The number of carbonyl (C=O) groups excluding carboxylic acids is 2. The van der Waals surface area contributed by atoms with Crippen LogP contribution in [0.1, 0.15) is 44.3 Å². The minimum Gasteiger partial charge on any atom is -0.493 e. The van der Waals surface area contributed by atoms with Crippen molar-refractivity contribution < 1.29 is 18.7 Å². The Kier molecular flexibility index (Phi) is 4.91. The van der Waals surface area contributed by atoms with E-state index in [-0.39, 0.29) is 17.2 Å². The molecule has 6 nitrogen and oxygen atoms in total. The smallest absolute Gasteiger partial charge is 0.229 e. The number of methoxy groups -OCH3 is 1. The molecular weight excluding hydrogens is 344 g/mol. The predicted molar refractivity (Wildman–Crippen MR) is 101 cm³/mol. The third kappa shape index (κ3) is 3.58. The molecule has 6 heteroatoms. The van der Waals surface area contributed by atoms with Gasteiger partial charge in [0.05, 0.1) is 13.7 Å². The summed E-state index contributed by atoms with van der Waals surface area (Å²) in [6.45, 7) is 1.51. The summed E-state index contributed by atoms with van der Waals surface area (Å²) in [6.07, 6.45) is 5.39. The van der Waals surface area contributed by atoms with Crippen molar-refractivity contribution in [1.29, 1.82) is 0 Å². The molecule has 1 saturated carbocycles. The van der Waals surface area contributed by atoms with E-state index in [0.717, 1.165) is 42.4 Å². The number of nitrogens with one attached hydrogen (secondary N) is 1. The van der Waals surface area contributed by atoms with Crippen molar-refractivity contribution >= 4 is 22.8 Å². The quantitative estimate of drug-likeness (QED) is 0.624. The Morgan fingerprint density at radius 3 is 2.63 bits per heavy atom. The number of fused-ring (bicyclic) bond motifs is 1. The molecule has 1 N–H and O–H groups in total. The minimum absolute atomic E-state index is 0.0107. The number of piperidine rings is 1. The second-order valence-corrected chi connectivity index (χ2v) is 7.77. The maximum absolute atomic E-state index is 12.5. The van der Waals surface area contributed by atoms with E-state index in [0.29, 0.717) is 38.2 Å². The van der Waals surface area contributed by atoms with E-state index in [1.807, 2.05) is 24.3 Å². The van der Waals surface area contributed by atoms with Gasteiger partial charge in [-0.05, 0) is 30.4 Å². The molecule has 1 aromatic carbocycles. The molecule has 1 aromatic heterocycles. The van der Waals surface area contributed by atoms with E-state index in [1.54, 1.807) is 7.11 Å². The molecule has 1 spiro atoms. The average Bonchev–Trinajstić information content (AvgIpc) is 3.26. The van der Waals surface area contributed by atoms with Gasteiger partial charge in [0.25, 0.3) is 0 Å². The number of ether oxygens (including phenoxy) is 1. The van der Waals surface area contributed by atoms with Crippen LogP contribution in [0.3, 0.4) is 0 Å². The van der Waals surface area contributed by atoms with Crippen LogP contribution in [-0.4, -0.2) is 36.9 Å². The van der Waals surface area contributed by atoms with Crippen LogP contribution in [-0.2, 0) is 16.1 Å². The molecule has 27 heavy (non-hydrogen) atoms. The fourth-order valence-electron chi connectivity index (χ4n) is 4.50. The standard InChI is InChI=1S/C21H26N2O4/c1-26-17-6-4-5-15-11-16(27-20(15)17)14-22-9-10-23-18(24)12-21(13-19(23)25)7-2-3-8-21/h4-6,11,22H,2-3,7-10,12-14H2,1H3. The zero-order valence-corrected chi connectivity index (χ0v) is 15.8. The first-order chi connectivity index (χ1) is 13.1. The summed E-state index contributed by atoms with van der Waals surface area (Å²) in [5.74, 6) is 1.49. The number of para-hydroxylation sites is 1. The molecule has 2 amide bonds. The highest BCUT2D eigenvalue weighted by atomic mass is 16.5. The Bertz CT molecular complexity index is 831. The van der Waals surface area contributed by atoms with E-state index >= 15 is 0 Å². The van der Waals surface area contributed by atoms with Crippen LogP contribution < -0.4 is 10.1 Å². The van der Waals surface area contributed by atoms with Gasteiger partial charge in [-0.2, -0.15) is 0 Å². The second kappa shape index (κ2) is 7.35. The first kappa shape index (κ1) is 18.0. The van der Waals surface area contributed by atoms with Gasteiger partial charge in [0.15, 0.2) is 11.3 Å². The highest BCUT2D eigenvalue weighted by molar-refractivity contribution is 5.98. The third-order valence-electron chi connectivity index (χ3n) is 5.91. The molecular formula is C21H26N2O4. The second-order valence-electron chi connectivity index (χ2n) is 7.77. The van der Waals surface area contributed by atoms with Crippen LogP contribution in [0.2, 0.25) is 0 Å². The SMILES string of the molecule is COc1cccc2cc(CNCCN3C(=O)CC4(CCCC4)CC3=O)oc12. The molecule has 2 aromatic rings. The molecule has 0 atom stereocenters. The molecule has 1 aliphatic heterocycles. The third-order valence-corrected chi connectivity index (χ3v) is 5.91. The molecule has 1 aliphatic carbocycles. The first-order valence-corrected chi connectivity index (χ1v) is 9.70. The highest BCUT2D eigenvalue weighted by Crippen LogP contribution is 2.46. The number of likely N-dealkylation sites (tertiary alicyclic amines) is 1. The number of benzene rings is 1. The molecule has 1 saturated heterocycles. The zero-order valence-electron chi connectivity index (χ0n) is 15.8. The lowest BCUT2D eigenvalue weighted by atomic mass is 9.76. The molecule has 2 fully saturated rings. The lowest BCUT2D eigenvalue weighted by molar-refractivity contribution is -0.153. The summed E-state index contributed by atoms with van der Waals surface area (Å²) in [5.41, 5.74) is 0.700. The lowest BCUT2D eigenvalue weighted by Crippen LogP contribution is -2.49. The lowest BCUT2D eigenvalue weighted by Gasteiger charge is -2.37.